The summed E-state index contributed by atoms with van der Waals surface area (Å²) in [6, 6.07) is 7.44. The molecular formula is C11H9Br2N3O3. The maximum atomic E-state index is 10.9. The van der Waals surface area contributed by atoms with Crippen LogP contribution in [-0.4, -0.2) is 21.8 Å². The van der Waals surface area contributed by atoms with Gasteiger partial charge in [-0.3, -0.25) is 10.1 Å². The molecule has 0 atom stereocenters. The number of ether oxygens (including phenoxy) is 1. The third-order valence-corrected chi connectivity index (χ3v) is 3.79. The summed E-state index contributed by atoms with van der Waals surface area (Å²) in [6.45, 7) is 0.407. The van der Waals surface area contributed by atoms with Crippen molar-refractivity contribution in [2.75, 3.05) is 7.11 Å². The van der Waals surface area contributed by atoms with Crippen LogP contribution < -0.4 is 4.74 Å². The van der Waals surface area contributed by atoms with E-state index in [1.807, 2.05) is 24.3 Å². The number of hydrogen-bond donors (Lipinski definition) is 0. The third kappa shape index (κ3) is 2.95. The van der Waals surface area contributed by atoms with Crippen LogP contribution in [0.5, 0.6) is 5.75 Å². The fourth-order valence-electron chi connectivity index (χ4n) is 1.60. The first kappa shape index (κ1) is 14.0. The minimum Gasteiger partial charge on any atom is -0.497 e. The molecule has 0 bridgehead atoms. The Morgan fingerprint density at radius 2 is 2.21 bits per heavy atom. The van der Waals surface area contributed by atoms with Gasteiger partial charge in [-0.1, -0.05) is 12.1 Å². The molecule has 0 spiro atoms. The van der Waals surface area contributed by atoms with Gasteiger partial charge in [-0.2, -0.15) is 5.10 Å². The Morgan fingerprint density at radius 1 is 1.47 bits per heavy atom. The van der Waals surface area contributed by atoms with Crippen molar-refractivity contribution in [3.05, 3.63) is 49.1 Å². The Morgan fingerprint density at radius 3 is 2.79 bits per heavy atom. The molecule has 0 aliphatic heterocycles. The Bertz CT molecular complexity index is 628. The van der Waals surface area contributed by atoms with Crippen molar-refractivity contribution in [3.8, 4) is 5.75 Å². The molecule has 19 heavy (non-hydrogen) atoms. The summed E-state index contributed by atoms with van der Waals surface area (Å²) in [5.74, 6) is 0.731. The predicted molar refractivity (Wildman–Crippen MR) is 76.4 cm³/mol. The summed E-state index contributed by atoms with van der Waals surface area (Å²) in [6.07, 6.45) is 0. The lowest BCUT2D eigenvalue weighted by Crippen LogP contribution is -2.02. The molecule has 0 amide bonds. The normalized spacial score (nSPS) is 10.5. The quantitative estimate of drug-likeness (QED) is 0.592. The molecule has 2 aromatic rings. The van der Waals surface area contributed by atoms with Crippen LogP contribution in [0.4, 0.5) is 5.69 Å². The lowest BCUT2D eigenvalue weighted by molar-refractivity contribution is -0.386. The number of methoxy groups -OCH3 is 1. The lowest BCUT2D eigenvalue weighted by atomic mass is 10.2. The van der Waals surface area contributed by atoms with Gasteiger partial charge < -0.3 is 4.74 Å². The van der Waals surface area contributed by atoms with Gasteiger partial charge in [0.2, 0.25) is 4.60 Å². The van der Waals surface area contributed by atoms with Gasteiger partial charge in [-0.15, -0.1) is 0 Å². The number of nitrogens with zero attached hydrogens (tertiary/aromatic N) is 3. The molecule has 0 aliphatic rings. The van der Waals surface area contributed by atoms with Gasteiger partial charge in [0, 0.05) is 0 Å². The maximum Gasteiger partial charge on any atom is 0.335 e. The molecule has 0 aliphatic carbocycles. The fourth-order valence-corrected chi connectivity index (χ4v) is 2.93. The van der Waals surface area contributed by atoms with Crippen LogP contribution >= 0.6 is 31.9 Å². The van der Waals surface area contributed by atoms with E-state index >= 15 is 0 Å². The van der Waals surface area contributed by atoms with E-state index in [1.54, 1.807) is 7.11 Å². The van der Waals surface area contributed by atoms with Gasteiger partial charge in [0.15, 0.2) is 4.60 Å². The summed E-state index contributed by atoms with van der Waals surface area (Å²) in [4.78, 5) is 10.4. The summed E-state index contributed by atoms with van der Waals surface area (Å²) in [5, 5.41) is 15.0. The van der Waals surface area contributed by atoms with E-state index in [-0.39, 0.29) is 10.3 Å². The second-order valence-electron chi connectivity index (χ2n) is 3.70. The van der Waals surface area contributed by atoms with E-state index in [0.29, 0.717) is 11.1 Å². The predicted octanol–water partition coefficient (Wildman–Crippen LogP) is 3.37. The number of hydrogen-bond acceptors (Lipinski definition) is 4. The molecule has 0 unspecified atom stereocenters. The molecule has 0 N–H and O–H groups in total. The van der Waals surface area contributed by atoms with Gasteiger partial charge in [0.05, 0.1) is 18.6 Å². The van der Waals surface area contributed by atoms with Gasteiger partial charge in [0.1, 0.15) is 5.75 Å². The van der Waals surface area contributed by atoms with E-state index in [0.717, 1.165) is 11.3 Å². The van der Waals surface area contributed by atoms with E-state index in [1.165, 1.54) is 4.68 Å². The van der Waals surface area contributed by atoms with Crippen molar-refractivity contribution in [2.45, 2.75) is 6.54 Å². The zero-order valence-electron chi connectivity index (χ0n) is 9.84. The summed E-state index contributed by atoms with van der Waals surface area (Å²) in [5.41, 5.74) is 0.854. The van der Waals surface area contributed by atoms with Crippen molar-refractivity contribution in [3.63, 3.8) is 0 Å². The Labute approximate surface area is 125 Å². The smallest absolute Gasteiger partial charge is 0.335 e. The topological polar surface area (TPSA) is 70.2 Å². The van der Waals surface area contributed by atoms with E-state index in [4.69, 9.17) is 4.74 Å². The van der Waals surface area contributed by atoms with Crippen LogP contribution in [0.15, 0.2) is 33.5 Å². The zero-order valence-corrected chi connectivity index (χ0v) is 13.0. The van der Waals surface area contributed by atoms with Crippen LogP contribution in [0.2, 0.25) is 0 Å². The van der Waals surface area contributed by atoms with Crippen molar-refractivity contribution >= 4 is 37.5 Å². The first-order valence-electron chi connectivity index (χ1n) is 5.22. The number of nitro groups is 1. The molecule has 100 valence electrons. The maximum absolute atomic E-state index is 10.9. The number of rotatable bonds is 4. The Hall–Kier alpha value is -1.41. The molecule has 1 aromatic heterocycles. The highest BCUT2D eigenvalue weighted by atomic mass is 79.9. The summed E-state index contributed by atoms with van der Waals surface area (Å²) in [7, 11) is 1.59. The largest absolute Gasteiger partial charge is 0.497 e. The van der Waals surface area contributed by atoms with Gasteiger partial charge in [-0.25, -0.2) is 4.68 Å². The van der Waals surface area contributed by atoms with Crippen molar-refractivity contribution in [1.82, 2.24) is 9.78 Å². The highest BCUT2D eigenvalue weighted by molar-refractivity contribution is 9.11. The van der Waals surface area contributed by atoms with Crippen LogP contribution in [0, 0.1) is 10.1 Å². The second-order valence-corrected chi connectivity index (χ2v) is 5.20. The monoisotopic (exact) mass is 389 g/mol. The molecule has 0 saturated heterocycles. The Balaban J connectivity index is 2.33. The van der Waals surface area contributed by atoms with Gasteiger partial charge >= 0.3 is 5.69 Å². The van der Waals surface area contributed by atoms with Gasteiger partial charge in [-0.05, 0) is 49.6 Å². The number of halogens is 2. The highest BCUT2D eigenvalue weighted by Crippen LogP contribution is 2.32. The van der Waals surface area contributed by atoms with E-state index in [2.05, 4.69) is 37.0 Å². The average molecular weight is 391 g/mol. The molecule has 1 heterocycles. The van der Waals surface area contributed by atoms with Crippen LogP contribution in [0.3, 0.4) is 0 Å². The van der Waals surface area contributed by atoms with Crippen molar-refractivity contribution in [1.29, 1.82) is 0 Å². The van der Waals surface area contributed by atoms with E-state index in [9.17, 15) is 10.1 Å². The SMILES string of the molecule is COc1cccc(Cn2nc(Br)c([N+](=O)[O-])c2Br)c1. The lowest BCUT2D eigenvalue weighted by Gasteiger charge is -2.05. The third-order valence-electron chi connectivity index (χ3n) is 2.47. The fraction of sp³-hybridized carbons (Fsp3) is 0.182. The zero-order chi connectivity index (χ0) is 14.0. The average Bonchev–Trinajstić information content (AvgIpc) is 2.64. The summed E-state index contributed by atoms with van der Waals surface area (Å²) >= 11 is 6.28. The van der Waals surface area contributed by atoms with Crippen LogP contribution in [0.1, 0.15) is 5.56 Å². The Kier molecular flexibility index (Phi) is 4.20. The molecule has 0 saturated carbocycles. The first-order valence-corrected chi connectivity index (χ1v) is 6.80. The van der Waals surface area contributed by atoms with Crippen molar-refractivity contribution in [2.24, 2.45) is 0 Å². The van der Waals surface area contributed by atoms with E-state index < -0.39 is 4.92 Å². The molecule has 8 heteroatoms. The summed E-state index contributed by atoms with van der Waals surface area (Å²) < 4.78 is 7.17. The first-order chi connectivity index (χ1) is 9.02. The highest BCUT2D eigenvalue weighted by Gasteiger charge is 2.24. The molecular weight excluding hydrogens is 382 g/mol. The molecule has 0 fully saturated rings. The van der Waals surface area contributed by atoms with Crippen LogP contribution in [0.25, 0.3) is 0 Å². The second kappa shape index (κ2) is 5.70. The van der Waals surface area contributed by atoms with Gasteiger partial charge in [0.25, 0.3) is 0 Å². The van der Waals surface area contributed by atoms with Crippen molar-refractivity contribution < 1.29 is 9.66 Å². The molecule has 6 nitrogen and oxygen atoms in total. The number of aromatic nitrogens is 2. The minimum absolute atomic E-state index is 0.0807. The molecule has 0 radical (unpaired) electrons. The minimum atomic E-state index is -0.483. The number of benzene rings is 1. The molecule has 2 rings (SSSR count). The standard InChI is InChI=1S/C11H9Br2N3O3/c1-19-8-4-2-3-7(5-8)6-15-11(13)9(16(17)18)10(12)14-15/h2-5H,6H2,1H3. The molecule has 1 aromatic carbocycles. The van der Waals surface area contributed by atoms with Crippen LogP contribution in [-0.2, 0) is 6.54 Å².